The molecule has 4 rings (SSSR count). The molecule has 3 aromatic rings. The molecule has 2 heterocycles. The van der Waals surface area contributed by atoms with Crippen LogP contribution < -0.4 is 16.1 Å². The summed E-state index contributed by atoms with van der Waals surface area (Å²) in [4.78, 5) is 34.5. The van der Waals surface area contributed by atoms with Gasteiger partial charge in [0, 0.05) is 28.4 Å². The molecule has 2 amide bonds. The molecule has 3 N–H and O–H groups in total. The van der Waals surface area contributed by atoms with Crippen LogP contribution in [0, 0.1) is 13.8 Å². The summed E-state index contributed by atoms with van der Waals surface area (Å²) in [6.07, 6.45) is 0.147. The zero-order valence-electron chi connectivity index (χ0n) is 17.6. The number of nitrogens with two attached hydrogens (primary N) is 1. The van der Waals surface area contributed by atoms with Crippen LogP contribution in [0.4, 0.5) is 11.4 Å². The van der Waals surface area contributed by atoms with E-state index in [-0.39, 0.29) is 18.0 Å². The largest absolute Gasteiger partial charge is 0.368 e. The SMILES string of the molecule is Cc1cc(C)nc(Sc2ccc(NC(=O)C3=NN(c4ccccc4)[C@H](C(N)=O)C3)cc2)n1. The van der Waals surface area contributed by atoms with Gasteiger partial charge in [0.25, 0.3) is 5.91 Å². The Kier molecular flexibility index (Phi) is 6.18. The van der Waals surface area contributed by atoms with Gasteiger partial charge in [0.15, 0.2) is 5.16 Å². The van der Waals surface area contributed by atoms with Crippen LogP contribution in [0.3, 0.4) is 0 Å². The van der Waals surface area contributed by atoms with Crippen molar-refractivity contribution < 1.29 is 9.59 Å². The van der Waals surface area contributed by atoms with E-state index >= 15 is 0 Å². The summed E-state index contributed by atoms with van der Waals surface area (Å²) in [6.45, 7) is 3.87. The van der Waals surface area contributed by atoms with Crippen molar-refractivity contribution in [2.45, 2.75) is 36.4 Å². The smallest absolute Gasteiger partial charge is 0.271 e. The van der Waals surface area contributed by atoms with Crippen molar-refractivity contribution in [2.24, 2.45) is 10.8 Å². The molecule has 8 nitrogen and oxygen atoms in total. The number of nitrogens with one attached hydrogen (secondary N) is 1. The second-order valence-electron chi connectivity index (χ2n) is 7.36. The molecule has 32 heavy (non-hydrogen) atoms. The third kappa shape index (κ3) is 4.94. The standard InChI is InChI=1S/C23H22N6O2S/c1-14-12-15(2)26-23(25-14)32-18-10-8-16(9-11-18)27-22(31)19-13-20(21(24)30)29(28-19)17-6-4-3-5-7-17/h3-12,20H,13H2,1-2H3,(H2,24,30)(H,27,31)/t20-/m0/s1. The van der Waals surface area contributed by atoms with Crippen molar-refractivity contribution in [3.63, 3.8) is 0 Å². The molecule has 162 valence electrons. The Labute approximate surface area is 189 Å². The molecule has 0 saturated carbocycles. The van der Waals surface area contributed by atoms with Gasteiger partial charge >= 0.3 is 0 Å². The number of benzene rings is 2. The number of anilines is 2. The third-order valence-electron chi connectivity index (χ3n) is 4.80. The number of aryl methyl sites for hydroxylation is 2. The lowest BCUT2D eigenvalue weighted by Gasteiger charge is -2.20. The zero-order valence-corrected chi connectivity index (χ0v) is 18.5. The van der Waals surface area contributed by atoms with E-state index in [4.69, 9.17) is 5.73 Å². The summed E-state index contributed by atoms with van der Waals surface area (Å²) in [5.41, 5.74) is 8.95. The van der Waals surface area contributed by atoms with Crippen molar-refractivity contribution in [2.75, 3.05) is 10.3 Å². The van der Waals surface area contributed by atoms with Gasteiger partial charge in [-0.3, -0.25) is 14.6 Å². The zero-order chi connectivity index (χ0) is 22.7. The Morgan fingerprint density at radius 2 is 1.69 bits per heavy atom. The molecule has 1 aliphatic heterocycles. The average molecular weight is 447 g/mol. The Morgan fingerprint density at radius 3 is 2.31 bits per heavy atom. The van der Waals surface area contributed by atoms with Crippen LogP contribution in [0.5, 0.6) is 0 Å². The molecular formula is C23H22N6O2S. The fourth-order valence-corrected chi connectivity index (χ4v) is 4.20. The van der Waals surface area contributed by atoms with Gasteiger partial charge in [0.05, 0.1) is 5.69 Å². The minimum Gasteiger partial charge on any atom is -0.368 e. The summed E-state index contributed by atoms with van der Waals surface area (Å²) in [5, 5.41) is 9.38. The van der Waals surface area contributed by atoms with Crippen LogP contribution in [0.2, 0.25) is 0 Å². The van der Waals surface area contributed by atoms with Gasteiger partial charge in [-0.2, -0.15) is 5.10 Å². The maximum absolute atomic E-state index is 12.8. The predicted molar refractivity (Wildman–Crippen MR) is 125 cm³/mol. The lowest BCUT2D eigenvalue weighted by molar-refractivity contribution is -0.119. The number of hydrogen-bond donors (Lipinski definition) is 2. The topological polar surface area (TPSA) is 114 Å². The number of nitrogens with zero attached hydrogens (tertiary/aromatic N) is 4. The first-order valence-corrected chi connectivity index (χ1v) is 10.8. The van der Waals surface area contributed by atoms with Crippen LogP contribution in [-0.4, -0.2) is 33.5 Å². The maximum Gasteiger partial charge on any atom is 0.271 e. The van der Waals surface area contributed by atoms with E-state index in [1.165, 1.54) is 16.8 Å². The lowest BCUT2D eigenvalue weighted by atomic mass is 10.1. The number of primary amides is 1. The van der Waals surface area contributed by atoms with Crippen molar-refractivity contribution in [1.29, 1.82) is 0 Å². The fraction of sp³-hybridized carbons (Fsp3) is 0.174. The monoisotopic (exact) mass is 446 g/mol. The van der Waals surface area contributed by atoms with Gasteiger partial charge in [-0.1, -0.05) is 18.2 Å². The van der Waals surface area contributed by atoms with E-state index in [0.717, 1.165) is 16.3 Å². The minimum atomic E-state index is -0.699. The average Bonchev–Trinajstić information content (AvgIpc) is 3.21. The van der Waals surface area contributed by atoms with E-state index in [0.29, 0.717) is 16.5 Å². The second kappa shape index (κ2) is 9.19. The van der Waals surface area contributed by atoms with Gasteiger partial charge in [-0.05, 0) is 68.1 Å². The molecule has 1 aromatic heterocycles. The summed E-state index contributed by atoms with van der Waals surface area (Å²) in [7, 11) is 0. The maximum atomic E-state index is 12.8. The fourth-order valence-electron chi connectivity index (χ4n) is 3.34. The van der Waals surface area contributed by atoms with Crippen LogP contribution >= 0.6 is 11.8 Å². The quantitative estimate of drug-likeness (QED) is 0.562. The molecule has 2 aromatic carbocycles. The first-order valence-electron chi connectivity index (χ1n) is 10.0. The highest BCUT2D eigenvalue weighted by Gasteiger charge is 2.34. The van der Waals surface area contributed by atoms with Gasteiger partial charge in [-0.25, -0.2) is 9.97 Å². The molecule has 0 unspecified atom stereocenters. The normalized spacial score (nSPS) is 15.4. The van der Waals surface area contributed by atoms with Gasteiger partial charge < -0.3 is 11.1 Å². The van der Waals surface area contributed by atoms with Crippen molar-refractivity contribution in [3.05, 3.63) is 72.1 Å². The van der Waals surface area contributed by atoms with E-state index in [2.05, 4.69) is 20.4 Å². The van der Waals surface area contributed by atoms with Gasteiger partial charge in [0.2, 0.25) is 5.91 Å². The van der Waals surface area contributed by atoms with E-state index in [9.17, 15) is 9.59 Å². The Morgan fingerprint density at radius 1 is 1.03 bits per heavy atom. The third-order valence-corrected chi connectivity index (χ3v) is 5.68. The molecule has 0 bridgehead atoms. The van der Waals surface area contributed by atoms with E-state index in [1.807, 2.05) is 62.4 Å². The highest BCUT2D eigenvalue weighted by molar-refractivity contribution is 7.99. The van der Waals surface area contributed by atoms with E-state index < -0.39 is 11.9 Å². The van der Waals surface area contributed by atoms with Crippen molar-refractivity contribution in [3.8, 4) is 0 Å². The highest BCUT2D eigenvalue weighted by Crippen LogP contribution is 2.27. The summed E-state index contributed by atoms with van der Waals surface area (Å²) in [6, 6.07) is 17.8. The molecule has 1 atom stereocenters. The number of hydrazone groups is 1. The number of aromatic nitrogens is 2. The number of hydrogen-bond acceptors (Lipinski definition) is 7. The van der Waals surface area contributed by atoms with Gasteiger partial charge in [0.1, 0.15) is 11.8 Å². The number of carbonyl (C=O) groups excluding carboxylic acids is 2. The van der Waals surface area contributed by atoms with Crippen LogP contribution in [0.15, 0.2) is 75.8 Å². The highest BCUT2D eigenvalue weighted by atomic mass is 32.2. The van der Waals surface area contributed by atoms with Gasteiger partial charge in [-0.15, -0.1) is 0 Å². The van der Waals surface area contributed by atoms with Crippen LogP contribution in [-0.2, 0) is 9.59 Å². The number of para-hydroxylation sites is 1. The molecule has 9 heteroatoms. The Hall–Kier alpha value is -3.72. The first-order chi connectivity index (χ1) is 15.4. The Bertz CT molecular complexity index is 1160. The number of amides is 2. The lowest BCUT2D eigenvalue weighted by Crippen LogP contribution is -2.39. The Balaban J connectivity index is 1.45. The summed E-state index contributed by atoms with van der Waals surface area (Å²) < 4.78 is 0. The first kappa shape index (κ1) is 21.5. The molecule has 0 radical (unpaired) electrons. The molecular weight excluding hydrogens is 424 g/mol. The molecule has 0 fully saturated rings. The number of carbonyl (C=O) groups is 2. The predicted octanol–water partition coefficient (Wildman–Crippen LogP) is 3.30. The molecule has 1 aliphatic rings. The summed E-state index contributed by atoms with van der Waals surface area (Å²) >= 11 is 1.45. The van der Waals surface area contributed by atoms with Crippen molar-refractivity contribution in [1.82, 2.24) is 9.97 Å². The van der Waals surface area contributed by atoms with Crippen LogP contribution in [0.25, 0.3) is 0 Å². The van der Waals surface area contributed by atoms with E-state index in [1.54, 1.807) is 12.1 Å². The molecule has 0 saturated heterocycles. The molecule has 0 aliphatic carbocycles. The van der Waals surface area contributed by atoms with Crippen molar-refractivity contribution >= 4 is 40.7 Å². The second-order valence-corrected chi connectivity index (χ2v) is 8.40. The summed E-state index contributed by atoms with van der Waals surface area (Å²) in [5.74, 6) is -0.900. The van der Waals surface area contributed by atoms with Crippen LogP contribution in [0.1, 0.15) is 17.8 Å². The molecule has 0 spiro atoms. The number of rotatable bonds is 6. The minimum absolute atomic E-state index is 0.147.